The Labute approximate surface area is 128 Å². The standard InChI is InChI=1S/C14H10FN5O3/c1-19-12(7-16-18-19)9-6-8(2-3-10(9)15)20-13(21)5-4-11(17-20)14(22)23/h2-7H,1H3,(H,22,23). The molecular weight excluding hydrogens is 305 g/mol. The SMILES string of the molecule is Cn1nncc1-c1cc(-n2nc(C(=O)O)ccc2=O)ccc1F. The van der Waals surface area contributed by atoms with E-state index in [1.54, 1.807) is 7.05 Å². The van der Waals surface area contributed by atoms with Crippen LogP contribution in [0.25, 0.3) is 16.9 Å². The lowest BCUT2D eigenvalue weighted by Gasteiger charge is -2.08. The van der Waals surface area contributed by atoms with Gasteiger partial charge in [-0.05, 0) is 24.3 Å². The Morgan fingerprint density at radius 3 is 2.70 bits per heavy atom. The Hall–Kier alpha value is -3.36. The van der Waals surface area contributed by atoms with E-state index in [9.17, 15) is 14.0 Å². The van der Waals surface area contributed by atoms with E-state index in [0.717, 1.165) is 16.8 Å². The lowest BCUT2D eigenvalue weighted by Crippen LogP contribution is -2.22. The number of hydrogen-bond donors (Lipinski definition) is 1. The summed E-state index contributed by atoms with van der Waals surface area (Å²) in [5.41, 5.74) is -0.0136. The molecule has 0 atom stereocenters. The molecule has 1 aromatic carbocycles. The second-order valence-electron chi connectivity index (χ2n) is 4.68. The molecule has 0 bridgehead atoms. The van der Waals surface area contributed by atoms with Crippen LogP contribution in [-0.4, -0.2) is 35.9 Å². The van der Waals surface area contributed by atoms with Gasteiger partial charge >= 0.3 is 5.97 Å². The van der Waals surface area contributed by atoms with Crippen molar-refractivity contribution in [3.05, 3.63) is 58.4 Å². The fourth-order valence-electron chi connectivity index (χ4n) is 2.09. The molecule has 3 rings (SSSR count). The van der Waals surface area contributed by atoms with Gasteiger partial charge in [0.05, 0.1) is 17.6 Å². The first-order valence-electron chi connectivity index (χ1n) is 6.46. The third-order valence-corrected chi connectivity index (χ3v) is 3.20. The molecule has 1 N–H and O–H groups in total. The topological polar surface area (TPSA) is 103 Å². The molecular formula is C14H10FN5O3. The molecule has 0 aliphatic heterocycles. The molecule has 0 saturated carbocycles. The molecule has 0 aliphatic rings. The highest BCUT2D eigenvalue weighted by atomic mass is 19.1. The monoisotopic (exact) mass is 315 g/mol. The number of halogens is 1. The predicted octanol–water partition coefficient (Wildman–Crippen LogP) is 0.865. The average molecular weight is 315 g/mol. The zero-order valence-corrected chi connectivity index (χ0v) is 11.8. The lowest BCUT2D eigenvalue weighted by atomic mass is 10.1. The Morgan fingerprint density at radius 2 is 2.04 bits per heavy atom. The maximum absolute atomic E-state index is 14.1. The van der Waals surface area contributed by atoms with Gasteiger partial charge in [-0.25, -0.2) is 13.9 Å². The van der Waals surface area contributed by atoms with Gasteiger partial charge in [-0.3, -0.25) is 4.79 Å². The molecule has 9 heteroatoms. The molecule has 0 amide bonds. The zero-order valence-electron chi connectivity index (χ0n) is 11.8. The van der Waals surface area contributed by atoms with Crippen molar-refractivity contribution in [3.63, 3.8) is 0 Å². The summed E-state index contributed by atoms with van der Waals surface area (Å²) in [6, 6.07) is 6.08. The van der Waals surface area contributed by atoms with Gasteiger partial charge in [0, 0.05) is 18.7 Å². The minimum Gasteiger partial charge on any atom is -0.476 e. The zero-order chi connectivity index (χ0) is 16.6. The fraction of sp³-hybridized carbons (Fsp3) is 0.0714. The number of rotatable bonds is 3. The minimum atomic E-state index is -1.27. The summed E-state index contributed by atoms with van der Waals surface area (Å²) in [7, 11) is 1.60. The van der Waals surface area contributed by atoms with Gasteiger partial charge in [0.1, 0.15) is 5.82 Å². The Balaban J connectivity index is 2.19. The van der Waals surface area contributed by atoms with Crippen LogP contribution in [0.4, 0.5) is 4.39 Å². The number of carboxylic acids is 1. The van der Waals surface area contributed by atoms with Crippen LogP contribution in [0.3, 0.4) is 0 Å². The summed E-state index contributed by atoms with van der Waals surface area (Å²) in [5.74, 6) is -1.79. The van der Waals surface area contributed by atoms with Gasteiger partial charge in [-0.2, -0.15) is 9.78 Å². The smallest absolute Gasteiger partial charge is 0.356 e. The molecule has 0 spiro atoms. The predicted molar refractivity (Wildman–Crippen MR) is 76.7 cm³/mol. The Kier molecular flexibility index (Phi) is 3.45. The average Bonchev–Trinajstić information content (AvgIpc) is 2.94. The number of hydrogen-bond acceptors (Lipinski definition) is 5. The highest BCUT2D eigenvalue weighted by Gasteiger charge is 2.14. The van der Waals surface area contributed by atoms with E-state index in [1.807, 2.05) is 0 Å². The molecule has 3 aromatic rings. The van der Waals surface area contributed by atoms with Gasteiger partial charge in [-0.15, -0.1) is 5.10 Å². The van der Waals surface area contributed by atoms with Crippen LogP contribution in [-0.2, 0) is 7.05 Å². The summed E-state index contributed by atoms with van der Waals surface area (Å²) < 4.78 is 16.3. The molecule has 8 nitrogen and oxygen atoms in total. The van der Waals surface area contributed by atoms with Crippen LogP contribution in [0, 0.1) is 5.82 Å². The second-order valence-corrected chi connectivity index (χ2v) is 4.68. The van der Waals surface area contributed by atoms with Crippen molar-refractivity contribution < 1.29 is 14.3 Å². The third-order valence-electron chi connectivity index (χ3n) is 3.20. The maximum atomic E-state index is 14.1. The molecule has 0 fully saturated rings. The molecule has 0 aliphatic carbocycles. The van der Waals surface area contributed by atoms with E-state index in [4.69, 9.17) is 5.11 Å². The number of carboxylic acid groups (broad SMARTS) is 1. The van der Waals surface area contributed by atoms with Gasteiger partial charge in [0.2, 0.25) is 0 Å². The molecule has 2 aromatic heterocycles. The first-order valence-corrected chi connectivity index (χ1v) is 6.46. The van der Waals surface area contributed by atoms with Crippen LogP contribution in [0.2, 0.25) is 0 Å². The molecule has 116 valence electrons. The van der Waals surface area contributed by atoms with E-state index in [2.05, 4.69) is 15.4 Å². The van der Waals surface area contributed by atoms with Crippen molar-refractivity contribution in [2.45, 2.75) is 0 Å². The first kappa shape index (κ1) is 14.6. The number of aromatic nitrogens is 5. The van der Waals surface area contributed by atoms with Crippen LogP contribution in [0.1, 0.15) is 10.5 Å². The summed E-state index contributed by atoms with van der Waals surface area (Å²) in [6.45, 7) is 0. The van der Waals surface area contributed by atoms with Crippen molar-refractivity contribution in [1.82, 2.24) is 24.8 Å². The van der Waals surface area contributed by atoms with E-state index < -0.39 is 17.3 Å². The molecule has 0 radical (unpaired) electrons. The van der Waals surface area contributed by atoms with Crippen LogP contribution >= 0.6 is 0 Å². The van der Waals surface area contributed by atoms with Gasteiger partial charge in [0.15, 0.2) is 5.69 Å². The van der Waals surface area contributed by atoms with Crippen molar-refractivity contribution in [2.24, 2.45) is 7.05 Å². The quantitative estimate of drug-likeness (QED) is 0.769. The molecule has 0 saturated heterocycles. The van der Waals surface area contributed by atoms with Crippen LogP contribution in [0.15, 0.2) is 41.3 Å². The largest absolute Gasteiger partial charge is 0.476 e. The number of carbonyl (C=O) groups is 1. The summed E-state index contributed by atoms with van der Waals surface area (Å²) >= 11 is 0. The maximum Gasteiger partial charge on any atom is 0.356 e. The number of nitrogens with zero attached hydrogens (tertiary/aromatic N) is 5. The second kappa shape index (κ2) is 5.44. The lowest BCUT2D eigenvalue weighted by molar-refractivity contribution is 0.0688. The van der Waals surface area contributed by atoms with E-state index >= 15 is 0 Å². The third kappa shape index (κ3) is 2.59. The van der Waals surface area contributed by atoms with Gasteiger partial charge in [0.25, 0.3) is 5.56 Å². The minimum absolute atomic E-state index is 0.171. The number of benzene rings is 1. The number of aromatic carboxylic acids is 1. The van der Waals surface area contributed by atoms with Crippen molar-refractivity contribution in [3.8, 4) is 16.9 Å². The van der Waals surface area contributed by atoms with Crippen LogP contribution < -0.4 is 5.56 Å². The van der Waals surface area contributed by atoms with Crippen LogP contribution in [0.5, 0.6) is 0 Å². The highest BCUT2D eigenvalue weighted by molar-refractivity contribution is 5.84. The van der Waals surface area contributed by atoms with E-state index in [-0.39, 0.29) is 16.9 Å². The number of aryl methyl sites for hydroxylation is 1. The summed E-state index contributed by atoms with van der Waals surface area (Å²) in [5, 5.41) is 20.1. The summed E-state index contributed by atoms with van der Waals surface area (Å²) in [4.78, 5) is 22.9. The molecule has 2 heterocycles. The summed E-state index contributed by atoms with van der Waals surface area (Å²) in [6.07, 6.45) is 1.38. The van der Waals surface area contributed by atoms with Crippen molar-refractivity contribution in [1.29, 1.82) is 0 Å². The highest BCUT2D eigenvalue weighted by Crippen LogP contribution is 2.23. The van der Waals surface area contributed by atoms with Gasteiger partial charge in [-0.1, -0.05) is 5.21 Å². The van der Waals surface area contributed by atoms with E-state index in [1.165, 1.54) is 29.1 Å². The Bertz CT molecular complexity index is 963. The van der Waals surface area contributed by atoms with Gasteiger partial charge < -0.3 is 5.11 Å². The Morgan fingerprint density at radius 1 is 1.26 bits per heavy atom. The molecule has 23 heavy (non-hydrogen) atoms. The first-order chi connectivity index (χ1) is 11.0. The van der Waals surface area contributed by atoms with Crippen molar-refractivity contribution in [2.75, 3.05) is 0 Å². The normalized spacial score (nSPS) is 10.7. The van der Waals surface area contributed by atoms with Crippen molar-refractivity contribution >= 4 is 5.97 Å². The van der Waals surface area contributed by atoms with E-state index in [0.29, 0.717) is 5.69 Å². The fourth-order valence-corrected chi connectivity index (χ4v) is 2.09. The molecule has 0 unspecified atom stereocenters.